The Balaban J connectivity index is 1.81. The van der Waals surface area contributed by atoms with E-state index in [9.17, 15) is 9.90 Å². The van der Waals surface area contributed by atoms with Crippen molar-refractivity contribution in [2.24, 2.45) is 0 Å². The van der Waals surface area contributed by atoms with Crippen LogP contribution in [0.15, 0.2) is 60.7 Å². The predicted octanol–water partition coefficient (Wildman–Crippen LogP) is 6.79. The number of hydrogen-bond donors (Lipinski definition) is 1. The van der Waals surface area contributed by atoms with Crippen molar-refractivity contribution in [2.75, 3.05) is 7.11 Å². The van der Waals surface area contributed by atoms with Gasteiger partial charge in [-0.25, -0.2) is 0 Å². The zero-order chi connectivity index (χ0) is 23.1. The fraction of sp³-hybridized carbons (Fsp3) is 0.222. The van der Waals surface area contributed by atoms with E-state index in [4.69, 9.17) is 21.1 Å². The molecule has 5 heteroatoms. The Kier molecular flexibility index (Phi) is 7.96. The Morgan fingerprint density at radius 3 is 2.56 bits per heavy atom. The van der Waals surface area contributed by atoms with E-state index in [-0.39, 0.29) is 17.1 Å². The zero-order valence-corrected chi connectivity index (χ0v) is 19.3. The smallest absolute Gasteiger partial charge is 0.189 e. The van der Waals surface area contributed by atoms with Crippen LogP contribution >= 0.6 is 11.6 Å². The van der Waals surface area contributed by atoms with Gasteiger partial charge >= 0.3 is 0 Å². The fourth-order valence-corrected chi connectivity index (χ4v) is 3.60. The van der Waals surface area contributed by atoms with Crippen molar-refractivity contribution < 1.29 is 19.4 Å². The van der Waals surface area contributed by atoms with Gasteiger partial charge in [-0.1, -0.05) is 49.2 Å². The first-order valence-electron chi connectivity index (χ1n) is 10.5. The van der Waals surface area contributed by atoms with Crippen LogP contribution in [0.4, 0.5) is 0 Å². The van der Waals surface area contributed by atoms with Gasteiger partial charge in [0, 0.05) is 10.6 Å². The van der Waals surface area contributed by atoms with Gasteiger partial charge in [-0.3, -0.25) is 4.79 Å². The molecule has 1 N–H and O–H groups in total. The third-order valence-corrected chi connectivity index (χ3v) is 5.55. The number of rotatable bonds is 9. The van der Waals surface area contributed by atoms with Gasteiger partial charge in [-0.15, -0.1) is 0 Å². The Bertz CT molecular complexity index is 1130. The normalized spacial score (nSPS) is 11.0. The first-order valence-corrected chi connectivity index (χ1v) is 10.9. The quantitative estimate of drug-likeness (QED) is 0.288. The number of ether oxygens (including phenoxy) is 2. The number of aromatic hydroxyl groups is 1. The van der Waals surface area contributed by atoms with E-state index in [0.29, 0.717) is 12.4 Å². The van der Waals surface area contributed by atoms with E-state index < -0.39 is 0 Å². The Hall–Kier alpha value is -3.24. The lowest BCUT2D eigenvalue weighted by molar-refractivity contribution is 0.104. The zero-order valence-electron chi connectivity index (χ0n) is 18.5. The van der Waals surface area contributed by atoms with Gasteiger partial charge in [-0.2, -0.15) is 0 Å². The number of phenols is 1. The maximum Gasteiger partial charge on any atom is 0.189 e. The van der Waals surface area contributed by atoms with Crippen LogP contribution < -0.4 is 9.47 Å². The highest BCUT2D eigenvalue weighted by atomic mass is 35.5. The molecule has 32 heavy (non-hydrogen) atoms. The van der Waals surface area contributed by atoms with Crippen molar-refractivity contribution in [3.63, 3.8) is 0 Å². The molecule has 0 fully saturated rings. The summed E-state index contributed by atoms with van der Waals surface area (Å²) in [4.78, 5) is 12.4. The van der Waals surface area contributed by atoms with Gasteiger partial charge in [-0.05, 0) is 72.5 Å². The SMILES string of the molecule is CCCc1cc(Cl)c(C)cc1OCc1cc(/C=C/C(=O)c2ccccc2O)ccc1OC. The number of aryl methyl sites for hydroxylation is 2. The van der Waals surface area contributed by atoms with Crippen LogP contribution in [0.5, 0.6) is 17.2 Å². The van der Waals surface area contributed by atoms with Crippen molar-refractivity contribution >= 4 is 23.5 Å². The summed E-state index contributed by atoms with van der Waals surface area (Å²) in [6.07, 6.45) is 5.03. The minimum atomic E-state index is -0.266. The van der Waals surface area contributed by atoms with Crippen LogP contribution in [-0.4, -0.2) is 18.0 Å². The maximum absolute atomic E-state index is 12.4. The molecule has 0 spiro atoms. The number of allylic oxidation sites excluding steroid dienone is 1. The van der Waals surface area contributed by atoms with Crippen LogP contribution in [0, 0.1) is 6.92 Å². The molecular formula is C27H27ClO4. The molecule has 0 radical (unpaired) electrons. The maximum atomic E-state index is 12.4. The van der Waals surface area contributed by atoms with Crippen molar-refractivity contribution in [1.82, 2.24) is 0 Å². The molecule has 0 unspecified atom stereocenters. The third kappa shape index (κ3) is 5.71. The summed E-state index contributed by atoms with van der Waals surface area (Å²) in [6.45, 7) is 4.39. The molecule has 3 rings (SSSR count). The van der Waals surface area contributed by atoms with Crippen molar-refractivity contribution in [3.8, 4) is 17.2 Å². The Morgan fingerprint density at radius 2 is 1.84 bits per heavy atom. The number of benzene rings is 3. The molecule has 0 amide bonds. The second-order valence-electron chi connectivity index (χ2n) is 7.53. The summed E-state index contributed by atoms with van der Waals surface area (Å²) in [5.41, 5.74) is 4.00. The molecule has 0 heterocycles. The molecule has 3 aromatic rings. The summed E-state index contributed by atoms with van der Waals surface area (Å²) in [5, 5.41) is 10.6. The van der Waals surface area contributed by atoms with Crippen molar-refractivity contribution in [1.29, 1.82) is 0 Å². The van der Waals surface area contributed by atoms with Gasteiger partial charge < -0.3 is 14.6 Å². The second-order valence-corrected chi connectivity index (χ2v) is 7.94. The molecule has 0 aliphatic heterocycles. The fourth-order valence-electron chi connectivity index (χ4n) is 3.41. The van der Waals surface area contributed by atoms with E-state index in [0.717, 1.165) is 45.9 Å². The number of para-hydroxylation sites is 1. The Labute approximate surface area is 194 Å². The lowest BCUT2D eigenvalue weighted by Crippen LogP contribution is -2.02. The largest absolute Gasteiger partial charge is 0.507 e. The first-order chi connectivity index (χ1) is 15.4. The van der Waals surface area contributed by atoms with Crippen LogP contribution in [0.2, 0.25) is 5.02 Å². The summed E-state index contributed by atoms with van der Waals surface area (Å²) >= 11 is 6.30. The van der Waals surface area contributed by atoms with Gasteiger partial charge in [0.15, 0.2) is 5.78 Å². The topological polar surface area (TPSA) is 55.8 Å². The highest BCUT2D eigenvalue weighted by molar-refractivity contribution is 6.31. The standard InChI is InChI=1S/C27H27ClO4/c1-4-7-20-16-23(28)18(2)14-27(20)32-17-21-15-19(11-13-26(21)31-3)10-12-25(30)22-8-5-6-9-24(22)29/h5-6,8-16,29H,4,7,17H2,1-3H3/b12-10+. The number of phenolic OH excluding ortho intramolecular Hbond substituents is 1. The van der Waals surface area contributed by atoms with E-state index in [1.54, 1.807) is 31.4 Å². The first kappa shape index (κ1) is 23.4. The number of methoxy groups -OCH3 is 1. The van der Waals surface area contributed by atoms with Crippen LogP contribution in [-0.2, 0) is 13.0 Å². The molecule has 0 atom stereocenters. The lowest BCUT2D eigenvalue weighted by atomic mass is 10.1. The summed E-state index contributed by atoms with van der Waals surface area (Å²) in [7, 11) is 1.62. The molecule has 0 aliphatic carbocycles. The minimum Gasteiger partial charge on any atom is -0.507 e. The molecule has 0 bridgehead atoms. The monoisotopic (exact) mass is 450 g/mol. The summed E-state index contributed by atoms with van der Waals surface area (Å²) < 4.78 is 11.7. The molecule has 0 saturated carbocycles. The number of carbonyl (C=O) groups is 1. The minimum absolute atomic E-state index is 0.0351. The van der Waals surface area contributed by atoms with Crippen molar-refractivity contribution in [2.45, 2.75) is 33.3 Å². The van der Waals surface area contributed by atoms with Gasteiger partial charge in [0.2, 0.25) is 0 Å². The van der Waals surface area contributed by atoms with E-state index >= 15 is 0 Å². The molecule has 0 aliphatic rings. The van der Waals surface area contributed by atoms with Crippen LogP contribution in [0.1, 0.15) is 46.0 Å². The van der Waals surface area contributed by atoms with Crippen LogP contribution in [0.25, 0.3) is 6.08 Å². The molecule has 166 valence electrons. The van der Waals surface area contributed by atoms with E-state index in [2.05, 4.69) is 6.92 Å². The summed E-state index contributed by atoms with van der Waals surface area (Å²) in [5.74, 6) is 1.22. The molecule has 0 saturated heterocycles. The Morgan fingerprint density at radius 1 is 1.06 bits per heavy atom. The third-order valence-electron chi connectivity index (χ3n) is 5.15. The van der Waals surface area contributed by atoms with Gasteiger partial charge in [0.05, 0.1) is 12.7 Å². The highest BCUT2D eigenvalue weighted by Gasteiger charge is 2.11. The molecule has 4 nitrogen and oxygen atoms in total. The van der Waals surface area contributed by atoms with Crippen LogP contribution in [0.3, 0.4) is 0 Å². The molecule has 3 aromatic carbocycles. The number of hydrogen-bond acceptors (Lipinski definition) is 4. The summed E-state index contributed by atoms with van der Waals surface area (Å²) in [6, 6.07) is 16.1. The van der Waals surface area contributed by atoms with E-state index in [1.807, 2.05) is 37.3 Å². The number of halogens is 1. The average Bonchev–Trinajstić information content (AvgIpc) is 2.79. The number of carbonyl (C=O) groups excluding carboxylic acids is 1. The second kappa shape index (κ2) is 10.9. The van der Waals surface area contributed by atoms with Gasteiger partial charge in [0.25, 0.3) is 0 Å². The average molecular weight is 451 g/mol. The van der Waals surface area contributed by atoms with Crippen molar-refractivity contribution in [3.05, 3.63) is 93.5 Å². The predicted molar refractivity (Wildman–Crippen MR) is 129 cm³/mol. The molecular weight excluding hydrogens is 424 g/mol. The van der Waals surface area contributed by atoms with Gasteiger partial charge in [0.1, 0.15) is 23.9 Å². The number of ketones is 1. The molecule has 0 aromatic heterocycles. The highest BCUT2D eigenvalue weighted by Crippen LogP contribution is 2.30. The van der Waals surface area contributed by atoms with E-state index in [1.165, 1.54) is 12.1 Å². The lowest BCUT2D eigenvalue weighted by Gasteiger charge is -2.15.